The van der Waals surface area contributed by atoms with Crippen LogP contribution in [0.25, 0.3) is 0 Å². The third-order valence-electron chi connectivity index (χ3n) is 2.02. The topological polar surface area (TPSA) is 29.0 Å². The Balaban J connectivity index is 2.13. The Hall–Kier alpha value is -0.160. The van der Waals surface area contributed by atoms with Gasteiger partial charge in [-0.05, 0) is 22.4 Å². The lowest BCUT2D eigenvalue weighted by Crippen LogP contribution is -2.21. The smallest absolute Gasteiger partial charge is 0.225 e. The molecule has 1 saturated heterocycles. The third-order valence-corrected chi connectivity index (χ3v) is 3.18. The molecular weight excluding hydrogens is 298 g/mol. The summed E-state index contributed by atoms with van der Waals surface area (Å²) in [7, 11) is 0. The molecule has 1 atom stereocenters. The number of hydrogen-bond acceptors (Lipinski definition) is 3. The molecule has 1 aliphatic rings. The fraction of sp³-hybridized carbons (Fsp3) is 0.500. The van der Waals surface area contributed by atoms with Crippen LogP contribution in [0.5, 0.6) is 0 Å². The van der Waals surface area contributed by atoms with Gasteiger partial charge < -0.3 is 4.90 Å². The molecular formula is C8H9Br2N3. The molecule has 5 heteroatoms. The van der Waals surface area contributed by atoms with E-state index in [4.69, 9.17) is 0 Å². The lowest BCUT2D eigenvalue weighted by atomic mass is 10.4. The highest BCUT2D eigenvalue weighted by Crippen LogP contribution is 2.20. The molecule has 2 rings (SSSR count). The molecule has 0 spiro atoms. The van der Waals surface area contributed by atoms with Crippen molar-refractivity contribution < 1.29 is 0 Å². The number of anilines is 1. The molecule has 3 nitrogen and oxygen atoms in total. The Labute approximate surface area is 93.8 Å². The average Bonchev–Trinajstić information content (AvgIpc) is 2.53. The fourth-order valence-electron chi connectivity index (χ4n) is 1.37. The molecule has 0 aliphatic carbocycles. The molecule has 13 heavy (non-hydrogen) atoms. The quantitative estimate of drug-likeness (QED) is 0.745. The van der Waals surface area contributed by atoms with Crippen LogP contribution in [0.3, 0.4) is 0 Å². The van der Waals surface area contributed by atoms with E-state index in [0.717, 1.165) is 23.5 Å². The van der Waals surface area contributed by atoms with E-state index in [-0.39, 0.29) is 0 Å². The highest BCUT2D eigenvalue weighted by molar-refractivity contribution is 9.10. The van der Waals surface area contributed by atoms with Gasteiger partial charge in [0.25, 0.3) is 0 Å². The molecule has 1 fully saturated rings. The summed E-state index contributed by atoms with van der Waals surface area (Å²) in [5, 5.41) is 0. The maximum atomic E-state index is 4.24. The van der Waals surface area contributed by atoms with E-state index < -0.39 is 0 Å². The minimum Gasteiger partial charge on any atom is -0.340 e. The van der Waals surface area contributed by atoms with Crippen molar-refractivity contribution in [3.05, 3.63) is 16.9 Å². The normalized spacial score (nSPS) is 22.3. The van der Waals surface area contributed by atoms with Gasteiger partial charge >= 0.3 is 0 Å². The summed E-state index contributed by atoms with van der Waals surface area (Å²) in [6.45, 7) is 2.04. The number of aromatic nitrogens is 2. The molecule has 1 aromatic rings. The van der Waals surface area contributed by atoms with Gasteiger partial charge in [0, 0.05) is 30.3 Å². The van der Waals surface area contributed by atoms with E-state index >= 15 is 0 Å². The summed E-state index contributed by atoms with van der Waals surface area (Å²) < 4.78 is 0.922. The Kier molecular flexibility index (Phi) is 2.83. The van der Waals surface area contributed by atoms with Gasteiger partial charge in [0.05, 0.1) is 4.47 Å². The lowest BCUT2D eigenvalue weighted by molar-refractivity contribution is 0.897. The molecule has 1 unspecified atom stereocenters. The van der Waals surface area contributed by atoms with Crippen molar-refractivity contribution in [1.29, 1.82) is 0 Å². The summed E-state index contributed by atoms with van der Waals surface area (Å²) in [4.78, 5) is 11.3. The van der Waals surface area contributed by atoms with E-state index in [1.165, 1.54) is 6.42 Å². The van der Waals surface area contributed by atoms with Gasteiger partial charge in [0.2, 0.25) is 5.95 Å². The van der Waals surface area contributed by atoms with Crippen LogP contribution < -0.4 is 4.90 Å². The van der Waals surface area contributed by atoms with Gasteiger partial charge in [-0.1, -0.05) is 15.9 Å². The Bertz CT molecular complexity index is 288. The summed E-state index contributed by atoms with van der Waals surface area (Å²) in [6, 6.07) is 0. The summed E-state index contributed by atoms with van der Waals surface area (Å²) in [6.07, 6.45) is 4.73. The second kappa shape index (κ2) is 3.92. The number of hydrogen-bond donors (Lipinski definition) is 0. The largest absolute Gasteiger partial charge is 0.340 e. The van der Waals surface area contributed by atoms with Crippen molar-refractivity contribution in [2.24, 2.45) is 0 Å². The first kappa shape index (κ1) is 9.40. The van der Waals surface area contributed by atoms with Crippen LogP contribution in [0.1, 0.15) is 6.42 Å². The second-order valence-corrected chi connectivity index (χ2v) is 5.24. The first-order chi connectivity index (χ1) is 6.25. The summed E-state index contributed by atoms with van der Waals surface area (Å²) in [5.41, 5.74) is 0. The van der Waals surface area contributed by atoms with E-state index in [2.05, 4.69) is 46.7 Å². The fourth-order valence-corrected chi connectivity index (χ4v) is 2.13. The third kappa shape index (κ3) is 2.20. The van der Waals surface area contributed by atoms with E-state index in [1.54, 1.807) is 12.4 Å². The van der Waals surface area contributed by atoms with Crippen LogP contribution in [0.4, 0.5) is 5.95 Å². The number of halogens is 2. The van der Waals surface area contributed by atoms with Crippen LogP contribution in [-0.2, 0) is 0 Å². The Morgan fingerprint density at radius 1 is 1.38 bits per heavy atom. The zero-order valence-corrected chi connectivity index (χ0v) is 10.1. The van der Waals surface area contributed by atoms with Crippen molar-refractivity contribution in [2.45, 2.75) is 11.2 Å². The summed E-state index contributed by atoms with van der Waals surface area (Å²) in [5.74, 6) is 0.824. The lowest BCUT2D eigenvalue weighted by Gasteiger charge is -2.14. The van der Waals surface area contributed by atoms with Crippen molar-refractivity contribution in [1.82, 2.24) is 9.97 Å². The molecule has 0 saturated carbocycles. The predicted molar refractivity (Wildman–Crippen MR) is 59.3 cm³/mol. The Morgan fingerprint density at radius 3 is 2.62 bits per heavy atom. The number of nitrogens with zero attached hydrogens (tertiary/aromatic N) is 3. The molecule has 2 heterocycles. The van der Waals surface area contributed by atoms with Crippen LogP contribution >= 0.6 is 31.9 Å². The van der Waals surface area contributed by atoms with E-state index in [1.807, 2.05) is 0 Å². The highest BCUT2D eigenvalue weighted by Gasteiger charge is 2.21. The van der Waals surface area contributed by atoms with Crippen LogP contribution in [0.15, 0.2) is 16.9 Å². The van der Waals surface area contributed by atoms with Crippen LogP contribution in [0.2, 0.25) is 0 Å². The molecule has 0 amide bonds. The SMILES string of the molecule is Brc1cnc(N2CCC(Br)C2)nc1. The predicted octanol–water partition coefficient (Wildman–Crippen LogP) is 2.21. The van der Waals surface area contributed by atoms with Gasteiger partial charge in [-0.2, -0.15) is 0 Å². The average molecular weight is 307 g/mol. The second-order valence-electron chi connectivity index (χ2n) is 3.03. The molecule has 0 bridgehead atoms. The van der Waals surface area contributed by atoms with Crippen molar-refractivity contribution in [3.8, 4) is 0 Å². The first-order valence-corrected chi connectivity index (χ1v) is 5.83. The van der Waals surface area contributed by atoms with Crippen molar-refractivity contribution in [2.75, 3.05) is 18.0 Å². The summed E-state index contributed by atoms with van der Waals surface area (Å²) >= 11 is 6.90. The monoisotopic (exact) mass is 305 g/mol. The Morgan fingerprint density at radius 2 is 2.08 bits per heavy atom. The van der Waals surface area contributed by atoms with E-state index in [9.17, 15) is 0 Å². The van der Waals surface area contributed by atoms with Crippen molar-refractivity contribution in [3.63, 3.8) is 0 Å². The van der Waals surface area contributed by atoms with Gasteiger partial charge in [-0.25, -0.2) is 9.97 Å². The van der Waals surface area contributed by atoms with Crippen molar-refractivity contribution >= 4 is 37.8 Å². The number of alkyl halides is 1. The maximum Gasteiger partial charge on any atom is 0.225 e. The maximum absolute atomic E-state index is 4.24. The van der Waals surface area contributed by atoms with E-state index in [0.29, 0.717) is 4.83 Å². The van der Waals surface area contributed by atoms with Gasteiger partial charge in [-0.3, -0.25) is 0 Å². The van der Waals surface area contributed by atoms with Gasteiger partial charge in [0.15, 0.2) is 0 Å². The molecule has 1 aromatic heterocycles. The zero-order valence-electron chi connectivity index (χ0n) is 6.95. The van der Waals surface area contributed by atoms with Crippen LogP contribution in [-0.4, -0.2) is 27.9 Å². The minimum atomic E-state index is 0.583. The molecule has 1 aliphatic heterocycles. The zero-order chi connectivity index (χ0) is 9.26. The standard InChI is InChI=1S/C8H9Br2N3/c9-6-1-2-13(5-6)8-11-3-7(10)4-12-8/h3-4,6H,1-2,5H2. The molecule has 0 aromatic carbocycles. The molecule has 70 valence electrons. The van der Waals surface area contributed by atoms with Gasteiger partial charge in [-0.15, -0.1) is 0 Å². The first-order valence-electron chi connectivity index (χ1n) is 4.12. The minimum absolute atomic E-state index is 0.583. The number of rotatable bonds is 1. The van der Waals surface area contributed by atoms with Gasteiger partial charge in [0.1, 0.15) is 0 Å². The molecule has 0 radical (unpaired) electrons. The highest BCUT2D eigenvalue weighted by atomic mass is 79.9. The van der Waals surface area contributed by atoms with Crippen LogP contribution in [0, 0.1) is 0 Å². The molecule has 0 N–H and O–H groups in total.